The molecule has 28 heavy (non-hydrogen) atoms. The Morgan fingerprint density at radius 1 is 1.00 bits per heavy atom. The van der Waals surface area contributed by atoms with Gasteiger partial charge in [-0.05, 0) is 26.0 Å². The van der Waals surface area contributed by atoms with Gasteiger partial charge in [0, 0.05) is 24.0 Å². The fourth-order valence-corrected chi connectivity index (χ4v) is 4.60. The molecule has 0 saturated heterocycles. The molecule has 0 radical (unpaired) electrons. The van der Waals surface area contributed by atoms with Crippen LogP contribution in [0.4, 0.5) is 5.69 Å². The third kappa shape index (κ3) is 4.95. The maximum Gasteiger partial charge on any atom is 0.358 e. The number of nitrogens with one attached hydrogen (secondary N) is 1. The molecule has 1 aromatic carbocycles. The van der Waals surface area contributed by atoms with E-state index in [9.17, 15) is 4.57 Å². The zero-order valence-corrected chi connectivity index (χ0v) is 17.7. The highest BCUT2D eigenvalue weighted by Crippen LogP contribution is 2.60. The first-order valence-corrected chi connectivity index (χ1v) is 10.5. The number of benzene rings is 1. The van der Waals surface area contributed by atoms with Gasteiger partial charge in [0.15, 0.2) is 17.3 Å². The Morgan fingerprint density at radius 2 is 1.61 bits per heavy atom. The topological polar surface area (TPSA) is 88.1 Å². The highest BCUT2D eigenvalue weighted by molar-refractivity contribution is 7.54. The zero-order chi connectivity index (χ0) is 20.6. The molecule has 2 rings (SSSR count). The van der Waals surface area contributed by atoms with E-state index < -0.39 is 13.4 Å². The SMILES string of the molecule is CCOP(=O)(OCC)C(Nc1cc(OC)c(OC)c(OC)c1)c1ccccn1. The van der Waals surface area contributed by atoms with Gasteiger partial charge in [0.05, 0.1) is 40.2 Å². The summed E-state index contributed by atoms with van der Waals surface area (Å²) in [6.07, 6.45) is 1.63. The zero-order valence-electron chi connectivity index (χ0n) is 16.8. The van der Waals surface area contributed by atoms with Crippen LogP contribution in [0.3, 0.4) is 0 Å². The maximum absolute atomic E-state index is 13.5. The molecule has 9 heteroatoms. The van der Waals surface area contributed by atoms with Gasteiger partial charge in [-0.25, -0.2) is 0 Å². The van der Waals surface area contributed by atoms with Crippen LogP contribution < -0.4 is 19.5 Å². The molecular weight excluding hydrogens is 383 g/mol. The lowest BCUT2D eigenvalue weighted by molar-refractivity contribution is 0.214. The van der Waals surface area contributed by atoms with Crippen LogP contribution in [-0.4, -0.2) is 39.5 Å². The van der Waals surface area contributed by atoms with Crippen molar-refractivity contribution in [1.29, 1.82) is 0 Å². The molecule has 1 aromatic heterocycles. The molecule has 0 fully saturated rings. The summed E-state index contributed by atoms with van der Waals surface area (Å²) in [6, 6.07) is 8.81. The van der Waals surface area contributed by atoms with Gasteiger partial charge in [-0.3, -0.25) is 9.55 Å². The summed E-state index contributed by atoms with van der Waals surface area (Å²) < 4.78 is 40.8. The molecule has 1 heterocycles. The number of nitrogens with zero attached hydrogens (tertiary/aromatic N) is 1. The number of hydrogen-bond acceptors (Lipinski definition) is 8. The molecule has 1 N–H and O–H groups in total. The van der Waals surface area contributed by atoms with Crippen molar-refractivity contribution in [2.45, 2.75) is 19.6 Å². The summed E-state index contributed by atoms with van der Waals surface area (Å²) in [5.41, 5.74) is 1.12. The van der Waals surface area contributed by atoms with E-state index in [0.717, 1.165) is 0 Å². The van der Waals surface area contributed by atoms with E-state index in [1.54, 1.807) is 44.3 Å². The van der Waals surface area contributed by atoms with Crippen molar-refractivity contribution in [3.05, 3.63) is 42.2 Å². The Kier molecular flexibility index (Phi) is 8.11. The number of anilines is 1. The molecule has 0 saturated carbocycles. The van der Waals surface area contributed by atoms with E-state index in [-0.39, 0.29) is 13.2 Å². The highest BCUT2D eigenvalue weighted by Gasteiger charge is 2.38. The lowest BCUT2D eigenvalue weighted by atomic mass is 10.2. The largest absolute Gasteiger partial charge is 0.493 e. The van der Waals surface area contributed by atoms with Gasteiger partial charge in [0.25, 0.3) is 0 Å². The molecule has 0 aliphatic carbocycles. The van der Waals surface area contributed by atoms with Crippen LogP contribution in [0.25, 0.3) is 0 Å². The average molecular weight is 410 g/mol. The van der Waals surface area contributed by atoms with Crippen molar-refractivity contribution in [1.82, 2.24) is 4.98 Å². The highest BCUT2D eigenvalue weighted by atomic mass is 31.2. The fraction of sp³-hybridized carbons (Fsp3) is 0.421. The smallest absolute Gasteiger partial charge is 0.358 e. The lowest BCUT2D eigenvalue weighted by Gasteiger charge is -2.28. The Bertz CT molecular complexity index is 767. The van der Waals surface area contributed by atoms with Crippen LogP contribution in [0.15, 0.2) is 36.5 Å². The summed E-state index contributed by atoms with van der Waals surface area (Å²) in [6.45, 7) is 4.00. The Hall–Kier alpha value is -2.28. The molecule has 0 amide bonds. The van der Waals surface area contributed by atoms with E-state index in [0.29, 0.717) is 28.6 Å². The molecular formula is C19H27N2O6P. The minimum atomic E-state index is -3.57. The second-order valence-electron chi connectivity index (χ2n) is 5.59. The van der Waals surface area contributed by atoms with E-state index in [1.807, 2.05) is 6.07 Å². The fourth-order valence-electron chi connectivity index (χ4n) is 2.72. The summed E-state index contributed by atoms with van der Waals surface area (Å²) >= 11 is 0. The molecule has 0 aliphatic rings. The van der Waals surface area contributed by atoms with Crippen LogP contribution in [0.1, 0.15) is 25.3 Å². The molecule has 1 atom stereocenters. The minimum Gasteiger partial charge on any atom is -0.493 e. The molecule has 154 valence electrons. The Morgan fingerprint density at radius 3 is 2.04 bits per heavy atom. The number of ether oxygens (including phenoxy) is 3. The van der Waals surface area contributed by atoms with E-state index in [1.165, 1.54) is 21.3 Å². The Labute approximate surface area is 165 Å². The van der Waals surface area contributed by atoms with Crippen LogP contribution >= 0.6 is 7.60 Å². The third-order valence-electron chi connectivity index (χ3n) is 3.87. The minimum absolute atomic E-state index is 0.234. The Balaban J connectivity index is 2.53. The standard InChI is InChI=1S/C19H27N2O6P/c1-6-26-28(22,27-7-2)19(15-10-8-9-11-20-15)21-14-12-16(23-3)18(25-5)17(13-14)24-4/h8-13,19,21H,6-7H2,1-5H3. The second kappa shape index (κ2) is 10.3. The van der Waals surface area contributed by atoms with Crippen molar-refractivity contribution in [2.75, 3.05) is 39.9 Å². The number of aromatic nitrogens is 1. The van der Waals surface area contributed by atoms with Gasteiger partial charge in [-0.1, -0.05) is 6.07 Å². The summed E-state index contributed by atoms with van der Waals surface area (Å²) in [5, 5.41) is 3.22. The first kappa shape index (κ1) is 22.0. The van der Waals surface area contributed by atoms with Gasteiger partial charge in [-0.2, -0.15) is 0 Å². The van der Waals surface area contributed by atoms with E-state index in [4.69, 9.17) is 23.3 Å². The predicted octanol–water partition coefficient (Wildman–Crippen LogP) is 4.48. The molecule has 8 nitrogen and oxygen atoms in total. The average Bonchev–Trinajstić information content (AvgIpc) is 2.72. The molecule has 0 aliphatic heterocycles. The van der Waals surface area contributed by atoms with Crippen LogP contribution in [-0.2, 0) is 13.6 Å². The van der Waals surface area contributed by atoms with Crippen molar-refractivity contribution in [3.8, 4) is 17.2 Å². The van der Waals surface area contributed by atoms with Gasteiger partial charge in [0.1, 0.15) is 0 Å². The quantitative estimate of drug-likeness (QED) is 0.543. The number of rotatable bonds is 11. The van der Waals surface area contributed by atoms with Gasteiger partial charge < -0.3 is 28.6 Å². The maximum atomic E-state index is 13.5. The molecule has 0 spiro atoms. The normalized spacial score (nSPS) is 12.3. The van der Waals surface area contributed by atoms with E-state index >= 15 is 0 Å². The van der Waals surface area contributed by atoms with E-state index in [2.05, 4.69) is 10.3 Å². The summed E-state index contributed by atoms with van der Waals surface area (Å²) in [5.74, 6) is 0.567. The second-order valence-corrected chi connectivity index (χ2v) is 7.70. The van der Waals surface area contributed by atoms with Gasteiger partial charge in [0.2, 0.25) is 5.75 Å². The van der Waals surface area contributed by atoms with Gasteiger partial charge >= 0.3 is 7.60 Å². The third-order valence-corrected chi connectivity index (χ3v) is 6.13. The molecule has 1 unspecified atom stereocenters. The first-order valence-electron chi connectivity index (χ1n) is 8.89. The molecule has 2 aromatic rings. The number of hydrogen-bond donors (Lipinski definition) is 1. The van der Waals surface area contributed by atoms with Crippen molar-refractivity contribution in [3.63, 3.8) is 0 Å². The van der Waals surface area contributed by atoms with Crippen LogP contribution in [0.2, 0.25) is 0 Å². The number of pyridine rings is 1. The van der Waals surface area contributed by atoms with Gasteiger partial charge in [-0.15, -0.1) is 0 Å². The number of methoxy groups -OCH3 is 3. The summed E-state index contributed by atoms with van der Waals surface area (Å²) in [7, 11) is 1.02. The van der Waals surface area contributed by atoms with Crippen LogP contribution in [0.5, 0.6) is 17.2 Å². The predicted molar refractivity (Wildman–Crippen MR) is 108 cm³/mol. The summed E-state index contributed by atoms with van der Waals surface area (Å²) in [4.78, 5) is 4.34. The first-order chi connectivity index (χ1) is 13.5. The van der Waals surface area contributed by atoms with Crippen molar-refractivity contribution < 1.29 is 27.8 Å². The van der Waals surface area contributed by atoms with Crippen molar-refractivity contribution >= 4 is 13.3 Å². The van der Waals surface area contributed by atoms with Crippen LogP contribution in [0, 0.1) is 0 Å². The van der Waals surface area contributed by atoms with Crippen molar-refractivity contribution in [2.24, 2.45) is 0 Å². The monoisotopic (exact) mass is 410 g/mol. The molecule has 0 bridgehead atoms. The lowest BCUT2D eigenvalue weighted by Crippen LogP contribution is -2.16.